The van der Waals surface area contributed by atoms with E-state index in [1.165, 1.54) is 18.6 Å². The van der Waals surface area contributed by atoms with Gasteiger partial charge in [-0.1, -0.05) is 6.07 Å². The van der Waals surface area contributed by atoms with E-state index in [4.69, 9.17) is 4.74 Å². The normalized spacial score (nSPS) is 25.1. The molecule has 2 nitrogen and oxygen atoms in total. The van der Waals surface area contributed by atoms with Crippen molar-refractivity contribution in [1.29, 1.82) is 0 Å². The molecule has 1 N–H and O–H groups in total. The summed E-state index contributed by atoms with van der Waals surface area (Å²) in [5.74, 6) is -0.994. The molecule has 2 aliphatic rings. The van der Waals surface area contributed by atoms with E-state index in [0.717, 1.165) is 25.7 Å². The smallest absolute Gasteiger partial charge is 0.152 e. The molecule has 1 spiro atoms. The van der Waals surface area contributed by atoms with Gasteiger partial charge in [-0.25, -0.2) is 8.78 Å². The van der Waals surface area contributed by atoms with Gasteiger partial charge in [0, 0.05) is 12.6 Å². The van der Waals surface area contributed by atoms with E-state index in [9.17, 15) is 8.78 Å². The van der Waals surface area contributed by atoms with Crippen LogP contribution in [0.25, 0.3) is 0 Å². The lowest BCUT2D eigenvalue weighted by Gasteiger charge is -2.47. The second kappa shape index (κ2) is 4.75. The van der Waals surface area contributed by atoms with E-state index in [1.807, 2.05) is 0 Å². The number of halogens is 2. The number of hydrogen-bond acceptors (Lipinski definition) is 2. The van der Waals surface area contributed by atoms with Crippen LogP contribution in [0.15, 0.2) is 12.1 Å². The lowest BCUT2D eigenvalue weighted by molar-refractivity contribution is -0.130. The van der Waals surface area contributed by atoms with E-state index in [0.29, 0.717) is 12.2 Å². The Bertz CT molecular complexity index is 485. The van der Waals surface area contributed by atoms with Crippen LogP contribution in [0.2, 0.25) is 0 Å². The van der Waals surface area contributed by atoms with Crippen molar-refractivity contribution in [3.63, 3.8) is 0 Å². The highest BCUT2D eigenvalue weighted by atomic mass is 19.1. The molecule has 1 saturated carbocycles. The Labute approximate surface area is 112 Å². The molecule has 3 rings (SSSR count). The first-order valence-electron chi connectivity index (χ1n) is 6.95. The van der Waals surface area contributed by atoms with Gasteiger partial charge in [0.05, 0.1) is 5.60 Å². The van der Waals surface area contributed by atoms with Crippen LogP contribution in [-0.4, -0.2) is 18.2 Å². The molecule has 104 valence electrons. The Balaban J connectivity index is 1.76. The average molecular weight is 267 g/mol. The first-order valence-corrected chi connectivity index (χ1v) is 6.95. The van der Waals surface area contributed by atoms with Crippen molar-refractivity contribution < 1.29 is 13.5 Å². The molecule has 1 aliphatic carbocycles. The van der Waals surface area contributed by atoms with Crippen LogP contribution in [0.3, 0.4) is 0 Å². The van der Waals surface area contributed by atoms with Crippen LogP contribution >= 0.6 is 0 Å². The Hall–Kier alpha value is -1.16. The summed E-state index contributed by atoms with van der Waals surface area (Å²) in [6.45, 7) is 2.32. The monoisotopic (exact) mass is 267 g/mol. The van der Waals surface area contributed by atoms with Crippen LogP contribution in [0.4, 0.5) is 14.5 Å². The van der Waals surface area contributed by atoms with Gasteiger partial charge < -0.3 is 10.1 Å². The number of ether oxygens (including phenoxy) is 1. The number of anilines is 1. The standard InChI is InChI=1S/C15H19F2NO/c1-10-3-4-12(16)14(13(10)17)18-11-5-8-19-15(9-11)6-2-7-15/h3-4,11,18H,2,5-9H2,1H3. The molecule has 4 heteroatoms. The van der Waals surface area contributed by atoms with E-state index < -0.39 is 11.6 Å². The summed E-state index contributed by atoms with van der Waals surface area (Å²) >= 11 is 0. The fourth-order valence-corrected chi connectivity index (χ4v) is 3.06. The Kier molecular flexibility index (Phi) is 3.21. The second-order valence-electron chi connectivity index (χ2n) is 5.77. The van der Waals surface area contributed by atoms with Gasteiger partial charge in [0.25, 0.3) is 0 Å². The Morgan fingerprint density at radius 1 is 1.32 bits per heavy atom. The summed E-state index contributed by atoms with van der Waals surface area (Å²) < 4.78 is 33.5. The summed E-state index contributed by atoms with van der Waals surface area (Å²) in [5, 5.41) is 3.05. The van der Waals surface area contributed by atoms with Gasteiger partial charge in [-0.15, -0.1) is 0 Å². The van der Waals surface area contributed by atoms with Crippen molar-refractivity contribution in [3.8, 4) is 0 Å². The molecular weight excluding hydrogens is 248 g/mol. The largest absolute Gasteiger partial charge is 0.377 e. The van der Waals surface area contributed by atoms with Crippen molar-refractivity contribution in [3.05, 3.63) is 29.3 Å². The van der Waals surface area contributed by atoms with Gasteiger partial charge >= 0.3 is 0 Å². The Morgan fingerprint density at radius 3 is 2.79 bits per heavy atom. The van der Waals surface area contributed by atoms with Crippen molar-refractivity contribution >= 4 is 5.69 Å². The number of nitrogens with one attached hydrogen (secondary N) is 1. The van der Waals surface area contributed by atoms with Crippen molar-refractivity contribution in [1.82, 2.24) is 0 Å². The fourth-order valence-electron chi connectivity index (χ4n) is 3.06. The second-order valence-corrected chi connectivity index (χ2v) is 5.77. The molecule has 0 radical (unpaired) electrons. The van der Waals surface area contributed by atoms with Crippen LogP contribution in [0, 0.1) is 18.6 Å². The summed E-state index contributed by atoms with van der Waals surface area (Å²) in [4.78, 5) is 0. The minimum atomic E-state index is -0.516. The first-order chi connectivity index (χ1) is 9.10. The average Bonchev–Trinajstić information content (AvgIpc) is 2.38. The zero-order valence-electron chi connectivity index (χ0n) is 11.1. The van der Waals surface area contributed by atoms with Gasteiger partial charge in [0.15, 0.2) is 5.82 Å². The molecule has 0 bridgehead atoms. The number of hydrogen-bond donors (Lipinski definition) is 1. The highest BCUT2D eigenvalue weighted by Crippen LogP contribution is 2.43. The summed E-state index contributed by atoms with van der Waals surface area (Å²) in [5.41, 5.74) is 0.461. The maximum absolute atomic E-state index is 14.0. The van der Waals surface area contributed by atoms with Crippen molar-refractivity contribution in [2.75, 3.05) is 11.9 Å². The van der Waals surface area contributed by atoms with Crippen LogP contribution in [0.1, 0.15) is 37.7 Å². The highest BCUT2D eigenvalue weighted by molar-refractivity contribution is 5.49. The molecule has 1 saturated heterocycles. The van der Waals surface area contributed by atoms with Crippen molar-refractivity contribution in [2.24, 2.45) is 0 Å². The minimum absolute atomic E-state index is 0.0152. The minimum Gasteiger partial charge on any atom is -0.377 e. The molecule has 1 heterocycles. The topological polar surface area (TPSA) is 21.3 Å². The van der Waals surface area contributed by atoms with Gasteiger partial charge in [-0.3, -0.25) is 0 Å². The third-order valence-corrected chi connectivity index (χ3v) is 4.39. The SMILES string of the molecule is Cc1ccc(F)c(NC2CCOC3(CCC3)C2)c1F. The van der Waals surface area contributed by atoms with E-state index >= 15 is 0 Å². The predicted octanol–water partition coefficient (Wildman–Crippen LogP) is 3.79. The van der Waals surface area contributed by atoms with Gasteiger partial charge in [-0.05, 0) is 50.7 Å². The van der Waals surface area contributed by atoms with E-state index in [2.05, 4.69) is 5.32 Å². The van der Waals surface area contributed by atoms with Gasteiger partial charge in [0.2, 0.25) is 0 Å². The molecular formula is C15H19F2NO. The highest BCUT2D eigenvalue weighted by Gasteiger charge is 2.42. The van der Waals surface area contributed by atoms with Crippen LogP contribution in [0.5, 0.6) is 0 Å². The van der Waals surface area contributed by atoms with E-state index in [-0.39, 0.29) is 17.3 Å². The number of aryl methyl sites for hydroxylation is 1. The molecule has 1 aromatic rings. The molecule has 0 amide bonds. The third kappa shape index (κ3) is 2.34. The van der Waals surface area contributed by atoms with Gasteiger partial charge in [0.1, 0.15) is 11.5 Å². The van der Waals surface area contributed by atoms with Crippen molar-refractivity contribution in [2.45, 2.75) is 50.7 Å². The maximum atomic E-state index is 14.0. The zero-order chi connectivity index (χ0) is 13.5. The third-order valence-electron chi connectivity index (χ3n) is 4.39. The summed E-state index contributed by atoms with van der Waals surface area (Å²) in [6, 6.07) is 2.88. The number of benzene rings is 1. The predicted molar refractivity (Wildman–Crippen MR) is 70.3 cm³/mol. The lowest BCUT2D eigenvalue weighted by Crippen LogP contribution is -2.49. The Morgan fingerprint density at radius 2 is 2.11 bits per heavy atom. The first kappa shape index (κ1) is 12.9. The van der Waals surface area contributed by atoms with Crippen LogP contribution in [-0.2, 0) is 4.74 Å². The fraction of sp³-hybridized carbons (Fsp3) is 0.600. The molecule has 1 unspecified atom stereocenters. The van der Waals surface area contributed by atoms with Crippen LogP contribution < -0.4 is 5.32 Å². The lowest BCUT2D eigenvalue weighted by atomic mass is 9.74. The van der Waals surface area contributed by atoms with E-state index in [1.54, 1.807) is 6.92 Å². The number of rotatable bonds is 2. The molecule has 1 aromatic carbocycles. The summed E-state index contributed by atoms with van der Waals surface area (Å²) in [7, 11) is 0. The van der Waals surface area contributed by atoms with Gasteiger partial charge in [-0.2, -0.15) is 0 Å². The molecule has 19 heavy (non-hydrogen) atoms. The maximum Gasteiger partial charge on any atom is 0.152 e. The quantitative estimate of drug-likeness (QED) is 0.880. The summed E-state index contributed by atoms with van der Waals surface area (Å²) in [6.07, 6.45) is 4.99. The molecule has 2 fully saturated rings. The molecule has 1 atom stereocenters. The molecule has 1 aliphatic heterocycles. The molecule has 0 aromatic heterocycles. The zero-order valence-corrected chi connectivity index (χ0v) is 11.1.